The number of rotatable bonds is 24. The predicted molar refractivity (Wildman–Crippen MR) is 145 cm³/mol. The van der Waals surface area contributed by atoms with E-state index in [1.54, 1.807) is 6.20 Å². The van der Waals surface area contributed by atoms with Crippen molar-refractivity contribution in [3.05, 3.63) is 12.3 Å². The molecule has 7 nitrogen and oxygen atoms in total. The average Bonchev–Trinajstić information content (AvgIpc) is 2.83. The Morgan fingerprint density at radius 3 is 1.19 bits per heavy atom. The Morgan fingerprint density at radius 2 is 0.889 bits per heavy atom. The molecule has 0 spiro atoms. The third-order valence-electron chi connectivity index (χ3n) is 7.25. The molecule has 3 atom stereocenters. The molecule has 0 radical (unpaired) electrons. The zero-order valence-corrected chi connectivity index (χ0v) is 23.4. The number of nitrogens with zero attached hydrogens (tertiary/aromatic N) is 1. The zero-order chi connectivity index (χ0) is 27.4. The van der Waals surface area contributed by atoms with Gasteiger partial charge in [0.1, 0.15) is 0 Å². The SMILES string of the molecule is CCCCCCCCCCCC/C=C/[N+](C(CCC)C(=O)O)(C(CCC)C(=O)O)C(CCC)C(=O)O. The van der Waals surface area contributed by atoms with Crippen LogP contribution < -0.4 is 0 Å². The van der Waals surface area contributed by atoms with Crippen molar-refractivity contribution < 1.29 is 34.2 Å². The topological polar surface area (TPSA) is 112 Å². The summed E-state index contributed by atoms with van der Waals surface area (Å²) in [4.78, 5) is 37.4. The maximum atomic E-state index is 12.5. The van der Waals surface area contributed by atoms with Crippen LogP contribution >= 0.6 is 0 Å². The number of unbranched alkanes of at least 4 members (excludes halogenated alkanes) is 10. The average molecular weight is 513 g/mol. The lowest BCUT2D eigenvalue weighted by molar-refractivity contribution is -0.928. The fourth-order valence-electron chi connectivity index (χ4n) is 5.41. The van der Waals surface area contributed by atoms with Gasteiger partial charge in [0.15, 0.2) is 18.1 Å². The molecule has 0 bridgehead atoms. The fourth-order valence-corrected chi connectivity index (χ4v) is 5.41. The van der Waals surface area contributed by atoms with E-state index >= 15 is 0 Å². The van der Waals surface area contributed by atoms with Gasteiger partial charge in [-0.3, -0.25) is 4.48 Å². The number of carboxylic acid groups (broad SMARTS) is 3. The van der Waals surface area contributed by atoms with Gasteiger partial charge in [0.2, 0.25) is 0 Å². The van der Waals surface area contributed by atoms with Crippen molar-refractivity contribution in [3.8, 4) is 0 Å². The van der Waals surface area contributed by atoms with E-state index in [9.17, 15) is 29.7 Å². The van der Waals surface area contributed by atoms with Gasteiger partial charge in [-0.15, -0.1) is 0 Å². The lowest BCUT2D eigenvalue weighted by Gasteiger charge is -2.47. The van der Waals surface area contributed by atoms with E-state index in [-0.39, 0.29) is 19.3 Å². The molecule has 0 aromatic heterocycles. The Hall–Kier alpha value is -1.89. The molecular weight excluding hydrogens is 458 g/mol. The third kappa shape index (κ3) is 11.4. The summed E-state index contributed by atoms with van der Waals surface area (Å²) in [6.45, 7) is 7.77. The van der Waals surface area contributed by atoms with Crippen molar-refractivity contribution in [3.63, 3.8) is 0 Å². The minimum Gasteiger partial charge on any atom is -0.477 e. The summed E-state index contributed by atoms with van der Waals surface area (Å²) >= 11 is 0. The molecule has 7 heteroatoms. The van der Waals surface area contributed by atoms with Crippen LogP contribution in [0.15, 0.2) is 12.3 Å². The molecule has 3 N–H and O–H groups in total. The number of aliphatic carboxylic acids is 3. The van der Waals surface area contributed by atoms with E-state index in [0.29, 0.717) is 25.7 Å². The van der Waals surface area contributed by atoms with E-state index in [1.807, 2.05) is 26.8 Å². The first kappa shape index (κ1) is 34.1. The highest BCUT2D eigenvalue weighted by Crippen LogP contribution is 2.34. The number of quaternary nitrogens is 1. The van der Waals surface area contributed by atoms with Crippen molar-refractivity contribution >= 4 is 17.9 Å². The first-order valence-corrected chi connectivity index (χ1v) is 14.5. The molecule has 0 saturated carbocycles. The highest BCUT2D eigenvalue weighted by Gasteiger charge is 2.56. The zero-order valence-electron chi connectivity index (χ0n) is 23.4. The van der Waals surface area contributed by atoms with Gasteiger partial charge in [-0.1, -0.05) is 85.5 Å². The van der Waals surface area contributed by atoms with Gasteiger partial charge in [-0.05, 0) is 38.2 Å². The molecule has 0 rings (SSSR count). The quantitative estimate of drug-likeness (QED) is 0.0918. The van der Waals surface area contributed by atoms with Crippen LogP contribution in [0, 0.1) is 0 Å². The fraction of sp³-hybridized carbons (Fsp3) is 0.828. The molecule has 3 unspecified atom stereocenters. The van der Waals surface area contributed by atoms with Crippen LogP contribution in [-0.2, 0) is 14.4 Å². The second-order valence-electron chi connectivity index (χ2n) is 10.2. The summed E-state index contributed by atoms with van der Waals surface area (Å²) in [7, 11) is 0. The normalized spacial score (nSPS) is 15.9. The third-order valence-corrected chi connectivity index (χ3v) is 7.25. The summed E-state index contributed by atoms with van der Waals surface area (Å²) in [5.41, 5.74) is 0. The second kappa shape index (κ2) is 20.2. The molecule has 0 aromatic rings. The van der Waals surface area contributed by atoms with Crippen molar-refractivity contribution in [2.75, 3.05) is 0 Å². The molecule has 0 aliphatic carbocycles. The summed E-state index contributed by atoms with van der Waals surface area (Å²) in [6, 6.07) is -3.38. The molecule has 210 valence electrons. The highest BCUT2D eigenvalue weighted by atomic mass is 16.4. The van der Waals surface area contributed by atoms with Crippen LogP contribution in [-0.4, -0.2) is 55.8 Å². The number of hydrogen-bond acceptors (Lipinski definition) is 3. The van der Waals surface area contributed by atoms with Crippen LogP contribution in [0.2, 0.25) is 0 Å². The lowest BCUT2D eigenvalue weighted by Crippen LogP contribution is -2.69. The van der Waals surface area contributed by atoms with Crippen molar-refractivity contribution in [1.29, 1.82) is 0 Å². The first-order valence-electron chi connectivity index (χ1n) is 14.5. The maximum absolute atomic E-state index is 12.5. The number of hydrogen-bond donors (Lipinski definition) is 3. The molecule has 0 aromatic carbocycles. The maximum Gasteiger partial charge on any atom is 0.363 e. The van der Waals surface area contributed by atoms with Crippen LogP contribution in [0.4, 0.5) is 0 Å². The van der Waals surface area contributed by atoms with Gasteiger partial charge in [0.25, 0.3) is 0 Å². The molecule has 0 fully saturated rings. The van der Waals surface area contributed by atoms with E-state index in [1.165, 1.54) is 44.9 Å². The summed E-state index contributed by atoms with van der Waals surface area (Å²) in [5.74, 6) is -3.40. The number of carbonyl (C=O) groups is 3. The Labute approximate surface area is 219 Å². The predicted octanol–water partition coefficient (Wildman–Crippen LogP) is 7.39. The van der Waals surface area contributed by atoms with Gasteiger partial charge in [-0.2, -0.15) is 0 Å². The Kier molecular flexibility index (Phi) is 19.1. The summed E-state index contributed by atoms with van der Waals surface area (Å²) in [6.07, 6.45) is 18.5. The highest BCUT2D eigenvalue weighted by molar-refractivity contribution is 5.78. The van der Waals surface area contributed by atoms with E-state index < -0.39 is 40.5 Å². The smallest absolute Gasteiger partial charge is 0.363 e. The Morgan fingerprint density at radius 1 is 0.556 bits per heavy atom. The van der Waals surface area contributed by atoms with Gasteiger partial charge in [-0.25, -0.2) is 14.4 Å². The minimum absolute atomic E-state index is 0.221. The summed E-state index contributed by atoms with van der Waals surface area (Å²) < 4.78 is -0.548. The van der Waals surface area contributed by atoms with Gasteiger partial charge in [0, 0.05) is 19.3 Å². The van der Waals surface area contributed by atoms with Crippen molar-refractivity contribution in [1.82, 2.24) is 0 Å². The minimum atomic E-state index is -1.13. The van der Waals surface area contributed by atoms with E-state index in [0.717, 1.165) is 19.3 Å². The van der Waals surface area contributed by atoms with E-state index in [4.69, 9.17) is 0 Å². The Bertz CT molecular complexity index is 588. The van der Waals surface area contributed by atoms with Crippen LogP contribution in [0.25, 0.3) is 0 Å². The lowest BCUT2D eigenvalue weighted by atomic mass is 9.93. The van der Waals surface area contributed by atoms with Gasteiger partial charge >= 0.3 is 17.9 Å². The Balaban J connectivity index is 5.73. The molecular formula is C29H54NO6+. The molecule has 0 heterocycles. The second-order valence-corrected chi connectivity index (χ2v) is 10.2. The van der Waals surface area contributed by atoms with Crippen LogP contribution in [0.3, 0.4) is 0 Å². The molecule has 36 heavy (non-hydrogen) atoms. The number of allylic oxidation sites excluding steroid dienone is 1. The molecule has 0 amide bonds. The monoisotopic (exact) mass is 512 g/mol. The molecule has 0 saturated heterocycles. The summed E-state index contributed by atoms with van der Waals surface area (Å²) in [5, 5.41) is 30.6. The van der Waals surface area contributed by atoms with Crippen molar-refractivity contribution in [2.24, 2.45) is 0 Å². The van der Waals surface area contributed by atoms with Gasteiger partial charge in [0.05, 0.1) is 6.20 Å². The van der Waals surface area contributed by atoms with Gasteiger partial charge < -0.3 is 15.3 Å². The van der Waals surface area contributed by atoms with Crippen LogP contribution in [0.1, 0.15) is 137 Å². The molecule has 0 aliphatic rings. The number of carboxylic acids is 3. The van der Waals surface area contributed by atoms with E-state index in [2.05, 4.69) is 6.92 Å². The molecule has 0 aliphatic heterocycles. The van der Waals surface area contributed by atoms with Crippen LogP contribution in [0.5, 0.6) is 0 Å². The first-order chi connectivity index (χ1) is 17.2. The largest absolute Gasteiger partial charge is 0.477 e. The van der Waals surface area contributed by atoms with Crippen molar-refractivity contribution in [2.45, 2.75) is 155 Å². The standard InChI is InChI=1S/C29H53NO6/c1-5-9-10-11-12-13-14-15-16-17-18-19-23-30(24(20-6-2)27(31)32,25(21-7-3)28(33)34)26(22-8-4)29(35)36/h19,23-26H,5-18,20-22H2,1-4H3,(H2-,31,32,33,34,35,36)/p+1/b23-19+.